The van der Waals surface area contributed by atoms with Gasteiger partial charge in [0, 0.05) is 0 Å². The predicted octanol–water partition coefficient (Wildman–Crippen LogP) is 4.75. The van der Waals surface area contributed by atoms with Crippen LogP contribution in [0, 0.1) is 0 Å². The number of rotatable bonds is 5. The summed E-state index contributed by atoms with van der Waals surface area (Å²) < 4.78 is 11.2. The molecule has 0 aromatic heterocycles. The fraction of sp³-hybridized carbons (Fsp3) is 0.118. The summed E-state index contributed by atoms with van der Waals surface area (Å²) in [4.78, 5) is 11.0. The summed E-state index contributed by atoms with van der Waals surface area (Å²) in [6.45, 7) is 0. The number of carbonyl (C=O) groups is 1. The highest BCUT2D eigenvalue weighted by Crippen LogP contribution is 2.34. The van der Waals surface area contributed by atoms with E-state index in [0.29, 0.717) is 10.8 Å². The van der Waals surface area contributed by atoms with Crippen LogP contribution in [0.25, 0.3) is 5.57 Å². The maximum atomic E-state index is 11.0. The molecule has 0 saturated carbocycles. The molecule has 0 bridgehead atoms. The van der Waals surface area contributed by atoms with Crippen LogP contribution in [-0.4, -0.2) is 20.5 Å². The third-order valence-corrected chi connectivity index (χ3v) is 4.08. The van der Waals surface area contributed by atoms with E-state index in [-0.39, 0.29) is 0 Å². The molecule has 2 rings (SSSR count). The molecule has 114 valence electrons. The molecule has 0 aliphatic rings. The van der Waals surface area contributed by atoms with Crippen molar-refractivity contribution in [3.05, 3.63) is 63.1 Å². The van der Waals surface area contributed by atoms with Gasteiger partial charge in [-0.15, -0.1) is 0 Å². The number of aldehydes is 1. The van der Waals surface area contributed by atoms with E-state index in [1.165, 1.54) is 6.08 Å². The minimum atomic E-state index is 0.490. The molecule has 0 spiro atoms. The van der Waals surface area contributed by atoms with Gasteiger partial charge in [0.05, 0.1) is 23.7 Å². The molecular formula is C17H14BrClO3. The Morgan fingerprint density at radius 2 is 1.64 bits per heavy atom. The van der Waals surface area contributed by atoms with Gasteiger partial charge >= 0.3 is 0 Å². The Bertz CT molecular complexity index is 670. The second kappa shape index (κ2) is 7.47. The maximum absolute atomic E-state index is 11.0. The van der Waals surface area contributed by atoms with Gasteiger partial charge in [-0.1, -0.05) is 23.7 Å². The van der Waals surface area contributed by atoms with Gasteiger partial charge in [-0.05, 0) is 63.0 Å². The van der Waals surface area contributed by atoms with Gasteiger partial charge in [-0.25, -0.2) is 0 Å². The number of carbonyl (C=O) groups excluding carboxylic acids is 1. The SMILES string of the molecule is COc1ccc(/C(=C\C=O)c2ccc(OC)c(Br)c2)cc1Cl. The van der Waals surface area contributed by atoms with Crippen molar-refractivity contribution in [3.63, 3.8) is 0 Å². The van der Waals surface area contributed by atoms with Crippen LogP contribution in [0.3, 0.4) is 0 Å². The van der Waals surface area contributed by atoms with Crippen LogP contribution in [0.15, 0.2) is 46.9 Å². The Kier molecular flexibility index (Phi) is 5.63. The van der Waals surface area contributed by atoms with Crippen molar-refractivity contribution >= 4 is 39.4 Å². The zero-order valence-corrected chi connectivity index (χ0v) is 14.4. The van der Waals surface area contributed by atoms with Crippen molar-refractivity contribution in [2.24, 2.45) is 0 Å². The molecule has 0 aliphatic heterocycles. The van der Waals surface area contributed by atoms with E-state index in [4.69, 9.17) is 21.1 Å². The molecule has 3 nitrogen and oxygen atoms in total. The zero-order chi connectivity index (χ0) is 16.1. The van der Waals surface area contributed by atoms with Crippen LogP contribution in [0.1, 0.15) is 11.1 Å². The monoisotopic (exact) mass is 380 g/mol. The summed E-state index contributed by atoms with van der Waals surface area (Å²) in [7, 11) is 3.16. The minimum absolute atomic E-state index is 0.490. The van der Waals surface area contributed by atoms with Gasteiger partial charge in [-0.3, -0.25) is 4.79 Å². The number of hydrogen-bond donors (Lipinski definition) is 0. The summed E-state index contributed by atoms with van der Waals surface area (Å²) >= 11 is 9.62. The summed E-state index contributed by atoms with van der Waals surface area (Å²) in [5, 5.41) is 0.490. The molecule has 5 heteroatoms. The van der Waals surface area contributed by atoms with Crippen LogP contribution < -0.4 is 9.47 Å². The number of ether oxygens (including phenoxy) is 2. The van der Waals surface area contributed by atoms with Crippen LogP contribution >= 0.6 is 27.5 Å². The molecule has 2 aromatic carbocycles. The predicted molar refractivity (Wildman–Crippen MR) is 91.8 cm³/mol. The molecule has 2 aromatic rings. The van der Waals surface area contributed by atoms with Crippen LogP contribution in [0.2, 0.25) is 5.02 Å². The van der Waals surface area contributed by atoms with Gasteiger partial charge in [0.15, 0.2) is 0 Å². The fourth-order valence-electron chi connectivity index (χ4n) is 2.09. The highest BCUT2D eigenvalue weighted by Gasteiger charge is 2.10. The molecule has 0 saturated heterocycles. The molecular weight excluding hydrogens is 368 g/mol. The number of halogens is 2. The Hall–Kier alpha value is -1.78. The fourth-order valence-corrected chi connectivity index (χ4v) is 2.89. The molecule has 0 heterocycles. The van der Waals surface area contributed by atoms with Crippen molar-refractivity contribution < 1.29 is 14.3 Å². The molecule has 0 amide bonds. The summed E-state index contributed by atoms with van der Waals surface area (Å²) in [5.74, 6) is 1.31. The van der Waals surface area contributed by atoms with Crippen LogP contribution in [-0.2, 0) is 4.79 Å². The highest BCUT2D eigenvalue weighted by atomic mass is 79.9. The molecule has 0 N–H and O–H groups in total. The number of hydrogen-bond acceptors (Lipinski definition) is 3. The lowest BCUT2D eigenvalue weighted by molar-refractivity contribution is -0.104. The largest absolute Gasteiger partial charge is 0.496 e. The normalized spacial score (nSPS) is 11.2. The number of allylic oxidation sites excluding steroid dienone is 1. The molecule has 0 fully saturated rings. The molecule has 0 aliphatic carbocycles. The third-order valence-electron chi connectivity index (χ3n) is 3.16. The van der Waals surface area contributed by atoms with Gasteiger partial charge < -0.3 is 9.47 Å². The Balaban J connectivity index is 2.51. The number of methoxy groups -OCH3 is 2. The van der Waals surface area contributed by atoms with Gasteiger partial charge in [-0.2, -0.15) is 0 Å². The summed E-state index contributed by atoms with van der Waals surface area (Å²) in [5.41, 5.74) is 2.47. The van der Waals surface area contributed by atoms with Crippen molar-refractivity contribution in [3.8, 4) is 11.5 Å². The van der Waals surface area contributed by atoms with E-state index >= 15 is 0 Å². The van der Waals surface area contributed by atoms with Gasteiger partial charge in [0.25, 0.3) is 0 Å². The quantitative estimate of drug-likeness (QED) is 0.554. The standard InChI is InChI=1S/C17H14BrClO3/c1-21-16-5-3-11(9-14(16)18)13(7-8-20)12-4-6-17(22-2)15(19)10-12/h3-10H,1-2H3/b13-7-. The second-order valence-corrected chi connectivity index (χ2v) is 5.68. The molecule has 22 heavy (non-hydrogen) atoms. The Labute approximate surface area is 142 Å². The molecule has 0 unspecified atom stereocenters. The first-order valence-corrected chi connectivity index (χ1v) is 7.61. The maximum Gasteiger partial charge on any atom is 0.143 e. The second-order valence-electron chi connectivity index (χ2n) is 4.42. The van der Waals surface area contributed by atoms with Crippen molar-refractivity contribution in [2.75, 3.05) is 14.2 Å². The van der Waals surface area contributed by atoms with E-state index in [2.05, 4.69) is 15.9 Å². The van der Waals surface area contributed by atoms with E-state index in [0.717, 1.165) is 33.2 Å². The van der Waals surface area contributed by atoms with Crippen molar-refractivity contribution in [2.45, 2.75) is 0 Å². The highest BCUT2D eigenvalue weighted by molar-refractivity contribution is 9.10. The van der Waals surface area contributed by atoms with E-state index in [1.54, 1.807) is 26.4 Å². The lowest BCUT2D eigenvalue weighted by Gasteiger charge is -2.12. The van der Waals surface area contributed by atoms with Crippen molar-refractivity contribution in [1.82, 2.24) is 0 Å². The van der Waals surface area contributed by atoms with Gasteiger partial charge in [0.1, 0.15) is 17.8 Å². The van der Waals surface area contributed by atoms with E-state index in [9.17, 15) is 4.79 Å². The average Bonchev–Trinajstić information content (AvgIpc) is 2.52. The number of benzene rings is 2. The molecule has 0 atom stereocenters. The van der Waals surface area contributed by atoms with Crippen LogP contribution in [0.4, 0.5) is 0 Å². The van der Waals surface area contributed by atoms with Crippen molar-refractivity contribution in [1.29, 1.82) is 0 Å². The first kappa shape index (κ1) is 16.6. The smallest absolute Gasteiger partial charge is 0.143 e. The van der Waals surface area contributed by atoms with E-state index in [1.807, 2.05) is 24.3 Å². The minimum Gasteiger partial charge on any atom is -0.496 e. The van der Waals surface area contributed by atoms with Crippen LogP contribution in [0.5, 0.6) is 11.5 Å². The Morgan fingerprint density at radius 3 is 2.14 bits per heavy atom. The topological polar surface area (TPSA) is 35.5 Å². The third kappa shape index (κ3) is 3.51. The molecule has 0 radical (unpaired) electrons. The summed E-state index contributed by atoms with van der Waals surface area (Å²) in [6, 6.07) is 11.0. The first-order valence-electron chi connectivity index (χ1n) is 6.44. The lowest BCUT2D eigenvalue weighted by atomic mass is 9.97. The Morgan fingerprint density at radius 1 is 1.05 bits per heavy atom. The zero-order valence-electron chi connectivity index (χ0n) is 12.1. The average molecular weight is 382 g/mol. The van der Waals surface area contributed by atoms with Gasteiger partial charge in [0.2, 0.25) is 0 Å². The summed E-state index contributed by atoms with van der Waals surface area (Å²) in [6.07, 6.45) is 2.26. The lowest BCUT2D eigenvalue weighted by Crippen LogP contribution is -1.92. The first-order chi connectivity index (χ1) is 10.6. The van der Waals surface area contributed by atoms with E-state index < -0.39 is 0 Å².